The number of rotatable bonds is 3. The zero-order chi connectivity index (χ0) is 13.8. The molecule has 1 atom stereocenters. The van der Waals surface area contributed by atoms with E-state index in [2.05, 4.69) is 4.98 Å². The van der Waals surface area contributed by atoms with Crippen molar-refractivity contribution in [2.45, 2.75) is 13.0 Å². The Bertz CT molecular complexity index is 567. The van der Waals surface area contributed by atoms with Gasteiger partial charge in [-0.25, -0.2) is 9.78 Å². The van der Waals surface area contributed by atoms with Crippen LogP contribution < -0.4 is 0 Å². The molecule has 1 aromatic heterocycles. The minimum absolute atomic E-state index is 0.159. The second-order valence-corrected chi connectivity index (χ2v) is 4.73. The van der Waals surface area contributed by atoms with Crippen LogP contribution in [0.1, 0.15) is 28.9 Å². The van der Waals surface area contributed by atoms with Gasteiger partial charge in [0, 0.05) is 0 Å². The van der Waals surface area contributed by atoms with Crippen LogP contribution in [0.5, 0.6) is 0 Å². The fourth-order valence-electron chi connectivity index (χ4n) is 1.60. The van der Waals surface area contributed by atoms with Crippen molar-refractivity contribution in [1.82, 2.24) is 4.98 Å². The van der Waals surface area contributed by atoms with Crippen molar-refractivity contribution in [2.75, 3.05) is 0 Å². The average molecular weight is 296 g/mol. The van der Waals surface area contributed by atoms with Gasteiger partial charge >= 0.3 is 5.97 Å². The van der Waals surface area contributed by atoms with Crippen LogP contribution in [0, 0.1) is 0 Å². The number of carbonyl (C=O) groups is 1. The summed E-state index contributed by atoms with van der Waals surface area (Å²) in [5.74, 6) is -0.484. The second-order valence-electron chi connectivity index (χ2n) is 3.96. The Morgan fingerprint density at radius 2 is 1.74 bits per heavy atom. The van der Waals surface area contributed by atoms with Gasteiger partial charge in [-0.3, -0.25) is 0 Å². The molecule has 0 aliphatic heterocycles. The Morgan fingerprint density at radius 3 is 2.32 bits per heavy atom. The first-order valence-electron chi connectivity index (χ1n) is 5.65. The zero-order valence-electron chi connectivity index (χ0n) is 10.1. The fraction of sp³-hybridized carbons (Fsp3) is 0.143. The summed E-state index contributed by atoms with van der Waals surface area (Å²) in [4.78, 5) is 15.7. The number of hydrogen-bond donors (Lipinski definition) is 0. The number of pyridine rings is 1. The Balaban J connectivity index is 2.13. The highest BCUT2D eigenvalue weighted by molar-refractivity contribution is 6.32. The van der Waals surface area contributed by atoms with Crippen molar-refractivity contribution < 1.29 is 9.53 Å². The number of carbonyl (C=O) groups excluding carboxylic acids is 1. The van der Waals surface area contributed by atoms with Crippen LogP contribution in [0.3, 0.4) is 0 Å². The molecule has 0 aliphatic rings. The molecule has 1 aromatic carbocycles. The Kier molecular flexibility index (Phi) is 4.40. The molecule has 0 saturated heterocycles. The molecule has 1 heterocycles. The van der Waals surface area contributed by atoms with Gasteiger partial charge in [0.2, 0.25) is 0 Å². The molecule has 0 N–H and O–H groups in total. The monoisotopic (exact) mass is 295 g/mol. The lowest BCUT2D eigenvalue weighted by Crippen LogP contribution is -2.09. The number of aromatic nitrogens is 1. The maximum atomic E-state index is 12.0. The van der Waals surface area contributed by atoms with Crippen LogP contribution in [-0.4, -0.2) is 11.0 Å². The minimum Gasteiger partial charge on any atom is -0.454 e. The van der Waals surface area contributed by atoms with Gasteiger partial charge in [-0.1, -0.05) is 53.5 Å². The first-order valence-corrected chi connectivity index (χ1v) is 6.41. The van der Waals surface area contributed by atoms with Gasteiger partial charge in [-0.2, -0.15) is 0 Å². The van der Waals surface area contributed by atoms with Gasteiger partial charge in [0.1, 0.15) is 16.4 Å². The number of ether oxygens (including phenoxy) is 1. The van der Waals surface area contributed by atoms with Crippen molar-refractivity contribution in [3.8, 4) is 0 Å². The van der Waals surface area contributed by atoms with Gasteiger partial charge in [0.25, 0.3) is 0 Å². The van der Waals surface area contributed by atoms with E-state index in [9.17, 15) is 4.79 Å². The summed E-state index contributed by atoms with van der Waals surface area (Å²) in [5.41, 5.74) is 1.20. The highest BCUT2D eigenvalue weighted by Gasteiger charge is 2.15. The summed E-state index contributed by atoms with van der Waals surface area (Å²) in [6.07, 6.45) is -0.348. The van der Waals surface area contributed by atoms with Crippen molar-refractivity contribution in [2.24, 2.45) is 0 Å². The Morgan fingerprint density at radius 1 is 1.16 bits per heavy atom. The second kappa shape index (κ2) is 6.04. The van der Waals surface area contributed by atoms with E-state index in [0.29, 0.717) is 0 Å². The molecule has 0 aliphatic carbocycles. The molecule has 0 bridgehead atoms. The normalized spacial score (nSPS) is 11.9. The van der Waals surface area contributed by atoms with Crippen LogP contribution in [0.25, 0.3) is 0 Å². The highest BCUT2D eigenvalue weighted by atomic mass is 35.5. The molecule has 0 radical (unpaired) electrons. The topological polar surface area (TPSA) is 39.2 Å². The third-order valence-corrected chi connectivity index (χ3v) is 2.94. The smallest absolute Gasteiger partial charge is 0.338 e. The van der Waals surface area contributed by atoms with Crippen molar-refractivity contribution in [1.29, 1.82) is 0 Å². The molecule has 0 spiro atoms. The summed E-state index contributed by atoms with van der Waals surface area (Å²) >= 11 is 11.5. The van der Waals surface area contributed by atoms with Crippen LogP contribution in [-0.2, 0) is 4.74 Å². The molecule has 3 nitrogen and oxygen atoms in total. The summed E-state index contributed by atoms with van der Waals surface area (Å²) in [6, 6.07) is 12.3. The molecule has 19 heavy (non-hydrogen) atoms. The average Bonchev–Trinajstić information content (AvgIpc) is 2.38. The van der Waals surface area contributed by atoms with Gasteiger partial charge in [-0.05, 0) is 24.6 Å². The molecule has 0 fully saturated rings. The van der Waals surface area contributed by atoms with Crippen LogP contribution in [0.2, 0.25) is 10.3 Å². The standard InChI is InChI=1S/C14H11Cl2NO2/c1-9(10-5-3-2-4-6-10)19-14(18)11-7-12(15)17-13(16)8-11/h2-9H,1H3. The van der Waals surface area contributed by atoms with Crippen molar-refractivity contribution in [3.63, 3.8) is 0 Å². The van der Waals surface area contributed by atoms with E-state index in [1.807, 2.05) is 30.3 Å². The fourth-order valence-corrected chi connectivity index (χ4v) is 2.06. The molecule has 2 rings (SSSR count). The number of halogens is 2. The highest BCUT2D eigenvalue weighted by Crippen LogP contribution is 2.20. The van der Waals surface area contributed by atoms with E-state index in [-0.39, 0.29) is 22.0 Å². The predicted molar refractivity (Wildman–Crippen MR) is 74.5 cm³/mol. The molecule has 0 amide bonds. The van der Waals surface area contributed by atoms with Crippen LogP contribution in [0.15, 0.2) is 42.5 Å². The molecular weight excluding hydrogens is 285 g/mol. The summed E-state index contributed by atoms with van der Waals surface area (Å²) < 4.78 is 5.35. The number of hydrogen-bond acceptors (Lipinski definition) is 3. The molecule has 1 unspecified atom stereocenters. The SMILES string of the molecule is CC(OC(=O)c1cc(Cl)nc(Cl)c1)c1ccccc1. The van der Waals surface area contributed by atoms with E-state index in [1.165, 1.54) is 12.1 Å². The maximum Gasteiger partial charge on any atom is 0.338 e. The molecule has 0 saturated carbocycles. The number of nitrogens with zero attached hydrogens (tertiary/aromatic N) is 1. The lowest BCUT2D eigenvalue weighted by molar-refractivity contribution is 0.0337. The van der Waals surface area contributed by atoms with E-state index >= 15 is 0 Å². The van der Waals surface area contributed by atoms with Gasteiger partial charge < -0.3 is 4.74 Å². The Labute approximate surface area is 121 Å². The molecule has 5 heteroatoms. The summed E-state index contributed by atoms with van der Waals surface area (Å²) in [5, 5.41) is 0.318. The quantitative estimate of drug-likeness (QED) is 0.626. The zero-order valence-corrected chi connectivity index (χ0v) is 11.7. The van der Waals surface area contributed by atoms with Gasteiger partial charge in [-0.15, -0.1) is 0 Å². The number of benzene rings is 1. The minimum atomic E-state index is -0.484. The third-order valence-electron chi connectivity index (χ3n) is 2.55. The van der Waals surface area contributed by atoms with E-state index < -0.39 is 5.97 Å². The number of esters is 1. The summed E-state index contributed by atoms with van der Waals surface area (Å²) in [6.45, 7) is 1.80. The van der Waals surface area contributed by atoms with Crippen molar-refractivity contribution >= 4 is 29.2 Å². The largest absolute Gasteiger partial charge is 0.454 e. The third kappa shape index (κ3) is 3.69. The van der Waals surface area contributed by atoms with E-state index in [4.69, 9.17) is 27.9 Å². The van der Waals surface area contributed by atoms with Crippen LogP contribution in [0.4, 0.5) is 0 Å². The molecule has 2 aromatic rings. The van der Waals surface area contributed by atoms with Gasteiger partial charge in [0.15, 0.2) is 0 Å². The van der Waals surface area contributed by atoms with E-state index in [1.54, 1.807) is 6.92 Å². The van der Waals surface area contributed by atoms with Crippen molar-refractivity contribution in [3.05, 3.63) is 63.9 Å². The Hall–Kier alpha value is -1.58. The summed E-state index contributed by atoms with van der Waals surface area (Å²) in [7, 11) is 0. The molecular formula is C14H11Cl2NO2. The van der Waals surface area contributed by atoms with Crippen LogP contribution >= 0.6 is 23.2 Å². The lowest BCUT2D eigenvalue weighted by atomic mass is 10.1. The maximum absolute atomic E-state index is 12.0. The first kappa shape index (κ1) is 13.8. The van der Waals surface area contributed by atoms with E-state index in [0.717, 1.165) is 5.56 Å². The first-order chi connectivity index (χ1) is 9.06. The van der Waals surface area contributed by atoms with Gasteiger partial charge in [0.05, 0.1) is 5.56 Å². The lowest BCUT2D eigenvalue weighted by Gasteiger charge is -2.13. The molecule has 98 valence electrons. The predicted octanol–water partition coefficient (Wildman–Crippen LogP) is 4.31.